The van der Waals surface area contributed by atoms with E-state index < -0.39 is 35.5 Å². The molecule has 0 spiro atoms. The Balaban J connectivity index is 1.75. The molecular weight excluding hydrogens is 422 g/mol. The standard InChI is InChI=1S/C26H21NO6/c1-14-8-7-9-15(2)21(14)27-25(31)23(30)20(22(29)18-12-5-6-13-19(18)28)24-16-10-3-4-11-17(16)26(32)33-24/h3-13,20,24,28H,1-2H3,(H,27,31)/t20-,24-/m0/s1. The first-order chi connectivity index (χ1) is 15.8. The number of hydrogen-bond acceptors (Lipinski definition) is 6. The van der Waals surface area contributed by atoms with Gasteiger partial charge in [-0.15, -0.1) is 0 Å². The van der Waals surface area contributed by atoms with Gasteiger partial charge in [0, 0.05) is 11.3 Å². The van der Waals surface area contributed by atoms with Crippen LogP contribution in [0.1, 0.15) is 43.5 Å². The molecule has 0 unspecified atom stereocenters. The second kappa shape index (κ2) is 8.70. The molecule has 0 radical (unpaired) electrons. The SMILES string of the molecule is Cc1cccc(C)c1NC(=O)C(=O)[C@H](C(=O)c1ccccc1O)[C@H]1OC(=O)c2ccccc21. The van der Waals surface area contributed by atoms with E-state index in [0.29, 0.717) is 11.3 Å². The van der Waals surface area contributed by atoms with Crippen molar-refractivity contribution in [2.45, 2.75) is 20.0 Å². The van der Waals surface area contributed by atoms with E-state index in [1.54, 1.807) is 44.2 Å². The minimum Gasteiger partial charge on any atom is -0.507 e. The van der Waals surface area contributed by atoms with Crippen LogP contribution >= 0.6 is 0 Å². The van der Waals surface area contributed by atoms with E-state index in [2.05, 4.69) is 5.32 Å². The summed E-state index contributed by atoms with van der Waals surface area (Å²) in [6.45, 7) is 3.57. The maximum atomic E-state index is 13.4. The maximum absolute atomic E-state index is 13.4. The topological polar surface area (TPSA) is 110 Å². The second-order valence-corrected chi connectivity index (χ2v) is 7.86. The number of rotatable bonds is 6. The van der Waals surface area contributed by atoms with Crippen molar-refractivity contribution in [3.8, 4) is 5.75 Å². The highest BCUT2D eigenvalue weighted by Crippen LogP contribution is 2.39. The Labute approximate surface area is 190 Å². The summed E-state index contributed by atoms with van der Waals surface area (Å²) in [6, 6.07) is 17.5. The van der Waals surface area contributed by atoms with Crippen molar-refractivity contribution in [3.05, 3.63) is 94.5 Å². The molecule has 3 aromatic carbocycles. The molecule has 0 saturated carbocycles. The van der Waals surface area contributed by atoms with Gasteiger partial charge < -0.3 is 15.2 Å². The Morgan fingerprint density at radius 1 is 0.909 bits per heavy atom. The van der Waals surface area contributed by atoms with E-state index in [1.807, 2.05) is 6.07 Å². The number of cyclic esters (lactones) is 1. The van der Waals surface area contributed by atoms with Gasteiger partial charge in [-0.2, -0.15) is 0 Å². The highest BCUT2D eigenvalue weighted by atomic mass is 16.5. The number of aryl methyl sites for hydroxylation is 2. The van der Waals surface area contributed by atoms with Gasteiger partial charge in [-0.05, 0) is 43.2 Å². The summed E-state index contributed by atoms with van der Waals surface area (Å²) in [6.07, 6.45) is -1.29. The number of ketones is 2. The van der Waals surface area contributed by atoms with E-state index in [1.165, 1.54) is 30.3 Å². The smallest absolute Gasteiger partial charge is 0.339 e. The zero-order valence-electron chi connectivity index (χ0n) is 18.0. The number of esters is 1. The van der Waals surface area contributed by atoms with E-state index in [9.17, 15) is 24.3 Å². The number of phenols is 1. The number of amides is 1. The summed E-state index contributed by atoms with van der Waals surface area (Å²) in [5, 5.41) is 12.8. The first kappa shape index (κ1) is 22.0. The Morgan fingerprint density at radius 3 is 2.24 bits per heavy atom. The average molecular weight is 443 g/mol. The third-order valence-corrected chi connectivity index (χ3v) is 5.70. The molecule has 7 heteroatoms. The van der Waals surface area contributed by atoms with Crippen LogP contribution in [0, 0.1) is 19.8 Å². The van der Waals surface area contributed by atoms with Gasteiger partial charge in [0.25, 0.3) is 5.91 Å². The van der Waals surface area contributed by atoms with Gasteiger partial charge in [-0.1, -0.05) is 48.5 Å². The monoisotopic (exact) mass is 443 g/mol. The van der Waals surface area contributed by atoms with Crippen LogP contribution in [0.5, 0.6) is 5.75 Å². The summed E-state index contributed by atoms with van der Waals surface area (Å²) in [5.41, 5.74) is 2.38. The van der Waals surface area contributed by atoms with Crippen LogP contribution in [0.3, 0.4) is 0 Å². The van der Waals surface area contributed by atoms with Crippen molar-refractivity contribution in [1.29, 1.82) is 0 Å². The summed E-state index contributed by atoms with van der Waals surface area (Å²) >= 11 is 0. The highest BCUT2D eigenvalue weighted by Gasteiger charge is 2.46. The maximum Gasteiger partial charge on any atom is 0.339 e. The molecule has 2 atom stereocenters. The molecule has 0 fully saturated rings. The minimum atomic E-state index is -1.67. The largest absolute Gasteiger partial charge is 0.507 e. The molecule has 166 valence electrons. The van der Waals surface area contributed by atoms with E-state index in [4.69, 9.17) is 4.74 Å². The predicted octanol–water partition coefficient (Wildman–Crippen LogP) is 3.93. The first-order valence-corrected chi connectivity index (χ1v) is 10.3. The number of nitrogens with one attached hydrogen (secondary N) is 1. The number of para-hydroxylation sites is 2. The second-order valence-electron chi connectivity index (χ2n) is 7.86. The lowest BCUT2D eigenvalue weighted by atomic mass is 9.84. The fourth-order valence-corrected chi connectivity index (χ4v) is 3.99. The average Bonchev–Trinajstić information content (AvgIpc) is 3.13. The van der Waals surface area contributed by atoms with Crippen molar-refractivity contribution in [1.82, 2.24) is 0 Å². The number of ether oxygens (including phenoxy) is 1. The van der Waals surface area contributed by atoms with E-state index in [-0.39, 0.29) is 16.9 Å². The quantitative estimate of drug-likeness (QED) is 0.259. The van der Waals surface area contributed by atoms with Crippen LogP contribution in [-0.2, 0) is 14.3 Å². The first-order valence-electron chi connectivity index (χ1n) is 10.3. The summed E-state index contributed by atoms with van der Waals surface area (Å²) < 4.78 is 5.40. The zero-order chi connectivity index (χ0) is 23.7. The van der Waals surface area contributed by atoms with Gasteiger partial charge in [0.1, 0.15) is 17.8 Å². The molecule has 2 N–H and O–H groups in total. The number of carbonyl (C=O) groups is 4. The molecule has 33 heavy (non-hydrogen) atoms. The van der Waals surface area contributed by atoms with Crippen LogP contribution in [0.4, 0.5) is 5.69 Å². The molecule has 0 aliphatic carbocycles. The molecule has 0 aromatic heterocycles. The number of fused-ring (bicyclic) bond motifs is 1. The normalized spacial score (nSPS) is 15.3. The highest BCUT2D eigenvalue weighted by molar-refractivity contribution is 6.45. The number of Topliss-reactive ketones (excluding diaryl/α,β-unsaturated/α-hetero) is 2. The number of carbonyl (C=O) groups excluding carboxylic acids is 4. The molecule has 1 heterocycles. The summed E-state index contributed by atoms with van der Waals surface area (Å²) in [5.74, 6) is -5.59. The van der Waals surface area contributed by atoms with Gasteiger partial charge >= 0.3 is 5.97 Å². The lowest BCUT2D eigenvalue weighted by Crippen LogP contribution is -2.38. The lowest BCUT2D eigenvalue weighted by Gasteiger charge is -2.21. The van der Waals surface area contributed by atoms with Gasteiger partial charge in [-0.25, -0.2) is 4.79 Å². The molecule has 0 bridgehead atoms. The van der Waals surface area contributed by atoms with Crippen molar-refractivity contribution in [3.63, 3.8) is 0 Å². The predicted molar refractivity (Wildman–Crippen MR) is 120 cm³/mol. The third-order valence-electron chi connectivity index (χ3n) is 5.70. The molecule has 1 aliphatic heterocycles. The number of aromatic hydroxyl groups is 1. The Morgan fingerprint density at radius 2 is 1.55 bits per heavy atom. The van der Waals surface area contributed by atoms with Crippen LogP contribution < -0.4 is 5.32 Å². The molecule has 7 nitrogen and oxygen atoms in total. The summed E-state index contributed by atoms with van der Waals surface area (Å²) in [4.78, 5) is 52.2. The van der Waals surface area contributed by atoms with Gasteiger partial charge in [0.05, 0.1) is 11.1 Å². The number of anilines is 1. The fourth-order valence-electron chi connectivity index (χ4n) is 3.99. The lowest BCUT2D eigenvalue weighted by molar-refractivity contribution is -0.138. The van der Waals surface area contributed by atoms with Gasteiger partial charge in [0.15, 0.2) is 5.78 Å². The molecule has 4 rings (SSSR count). The van der Waals surface area contributed by atoms with E-state index >= 15 is 0 Å². The molecule has 1 aliphatic rings. The molecule has 0 saturated heterocycles. The van der Waals surface area contributed by atoms with Crippen molar-refractivity contribution < 1.29 is 29.0 Å². The Hall–Kier alpha value is -4.26. The Kier molecular flexibility index (Phi) is 5.79. The van der Waals surface area contributed by atoms with Crippen LogP contribution in [0.2, 0.25) is 0 Å². The Bertz CT molecular complexity index is 1280. The number of hydrogen-bond donors (Lipinski definition) is 2. The van der Waals surface area contributed by atoms with Gasteiger partial charge in [0.2, 0.25) is 5.78 Å². The number of benzene rings is 3. The van der Waals surface area contributed by atoms with Gasteiger partial charge in [-0.3, -0.25) is 14.4 Å². The minimum absolute atomic E-state index is 0.142. The van der Waals surface area contributed by atoms with Crippen LogP contribution in [-0.4, -0.2) is 28.5 Å². The van der Waals surface area contributed by atoms with E-state index in [0.717, 1.165) is 11.1 Å². The summed E-state index contributed by atoms with van der Waals surface area (Å²) in [7, 11) is 0. The molecule has 3 aromatic rings. The number of phenolic OH excluding ortho intramolecular Hbond substituents is 1. The molecular formula is C26H21NO6. The molecule has 1 amide bonds. The van der Waals surface area contributed by atoms with Crippen molar-refractivity contribution >= 4 is 29.1 Å². The van der Waals surface area contributed by atoms with Crippen LogP contribution in [0.25, 0.3) is 0 Å². The fraction of sp³-hybridized carbons (Fsp3) is 0.154. The third kappa shape index (κ3) is 4.01. The van der Waals surface area contributed by atoms with Crippen molar-refractivity contribution in [2.24, 2.45) is 5.92 Å². The van der Waals surface area contributed by atoms with Crippen molar-refractivity contribution in [2.75, 3.05) is 5.32 Å². The zero-order valence-corrected chi connectivity index (χ0v) is 18.0. The van der Waals surface area contributed by atoms with Crippen LogP contribution in [0.15, 0.2) is 66.7 Å².